The van der Waals surface area contributed by atoms with Gasteiger partial charge in [0.2, 0.25) is 0 Å². The molecular formula is C17H28ClIN4O. The second-order valence-corrected chi connectivity index (χ2v) is 6.59. The molecule has 2 rings (SSSR count). The summed E-state index contributed by atoms with van der Waals surface area (Å²) in [7, 11) is 8.06. The van der Waals surface area contributed by atoms with E-state index in [0.29, 0.717) is 6.54 Å². The molecule has 0 radical (unpaired) electrons. The van der Waals surface area contributed by atoms with Crippen LogP contribution in [0.4, 0.5) is 0 Å². The van der Waals surface area contributed by atoms with E-state index >= 15 is 0 Å². The first-order valence-corrected chi connectivity index (χ1v) is 8.33. The molecule has 136 valence electrons. The quantitative estimate of drug-likeness (QED) is 0.388. The topological polar surface area (TPSA) is 31.3 Å². The highest BCUT2D eigenvalue weighted by Gasteiger charge is 2.23. The molecule has 0 spiro atoms. The van der Waals surface area contributed by atoms with Crippen molar-refractivity contribution in [1.82, 2.24) is 14.7 Å². The van der Waals surface area contributed by atoms with Crippen LogP contribution in [0, 0.1) is 0 Å². The Balaban J connectivity index is 0.00000288. The van der Waals surface area contributed by atoms with Gasteiger partial charge < -0.3 is 14.5 Å². The minimum absolute atomic E-state index is 0. The van der Waals surface area contributed by atoms with Gasteiger partial charge in [0.1, 0.15) is 0 Å². The predicted octanol–water partition coefficient (Wildman–Crippen LogP) is 2.81. The molecule has 0 aromatic heterocycles. The zero-order valence-electron chi connectivity index (χ0n) is 14.9. The van der Waals surface area contributed by atoms with Gasteiger partial charge in [-0.15, -0.1) is 24.0 Å². The minimum Gasteiger partial charge on any atom is -0.379 e. The average molecular weight is 467 g/mol. The zero-order chi connectivity index (χ0) is 16.8. The maximum Gasteiger partial charge on any atom is 0.195 e. The van der Waals surface area contributed by atoms with Gasteiger partial charge in [0.25, 0.3) is 0 Å². The maximum atomic E-state index is 6.20. The van der Waals surface area contributed by atoms with Crippen molar-refractivity contribution in [3.8, 4) is 0 Å². The Kier molecular flexibility index (Phi) is 9.33. The van der Waals surface area contributed by atoms with Gasteiger partial charge in [0.05, 0.1) is 25.8 Å². The Morgan fingerprint density at radius 3 is 2.38 bits per heavy atom. The smallest absolute Gasteiger partial charge is 0.195 e. The van der Waals surface area contributed by atoms with Crippen molar-refractivity contribution in [3.05, 3.63) is 34.9 Å². The average Bonchev–Trinajstić information content (AvgIpc) is 2.51. The highest BCUT2D eigenvalue weighted by Crippen LogP contribution is 2.25. The first kappa shape index (κ1) is 21.5. The summed E-state index contributed by atoms with van der Waals surface area (Å²) in [6.07, 6.45) is 0. The number of hydrogen-bond donors (Lipinski definition) is 0. The molecule has 1 saturated heterocycles. The maximum absolute atomic E-state index is 6.20. The lowest BCUT2D eigenvalue weighted by Gasteiger charge is -2.34. The molecule has 1 fully saturated rings. The van der Waals surface area contributed by atoms with E-state index in [0.717, 1.165) is 37.3 Å². The molecule has 1 aliphatic rings. The van der Waals surface area contributed by atoms with Crippen LogP contribution >= 0.6 is 35.6 Å². The number of hydrogen-bond acceptors (Lipinski definition) is 3. The van der Waals surface area contributed by atoms with Crippen molar-refractivity contribution >= 4 is 41.5 Å². The molecule has 1 aromatic carbocycles. The van der Waals surface area contributed by atoms with Crippen LogP contribution in [0.3, 0.4) is 0 Å². The molecule has 0 N–H and O–H groups in total. The van der Waals surface area contributed by atoms with Crippen LogP contribution in [0.2, 0.25) is 5.02 Å². The zero-order valence-corrected chi connectivity index (χ0v) is 18.0. The van der Waals surface area contributed by atoms with Gasteiger partial charge in [0, 0.05) is 46.3 Å². The number of rotatable bonds is 4. The van der Waals surface area contributed by atoms with Gasteiger partial charge in [-0.1, -0.05) is 23.7 Å². The Labute approximate surface area is 167 Å². The summed E-state index contributed by atoms with van der Waals surface area (Å²) in [6, 6.07) is 8.31. The van der Waals surface area contributed by atoms with Gasteiger partial charge in [-0.05, 0) is 17.7 Å². The fourth-order valence-corrected chi connectivity index (χ4v) is 3.08. The third-order valence-corrected chi connectivity index (χ3v) is 4.16. The number of guanidine groups is 1. The highest BCUT2D eigenvalue weighted by atomic mass is 127. The first-order chi connectivity index (χ1) is 11.0. The Hall–Kier alpha value is -0.570. The summed E-state index contributed by atoms with van der Waals surface area (Å²) in [5.74, 6) is 0.963. The molecule has 0 aliphatic carbocycles. The lowest BCUT2D eigenvalue weighted by atomic mass is 10.0. The lowest BCUT2D eigenvalue weighted by Crippen LogP contribution is -2.41. The molecule has 0 bridgehead atoms. The number of morpholine rings is 1. The molecule has 0 saturated carbocycles. The van der Waals surface area contributed by atoms with E-state index in [9.17, 15) is 0 Å². The summed E-state index contributed by atoms with van der Waals surface area (Å²) in [5, 5.41) is 0.769. The number of halogens is 2. The van der Waals surface area contributed by atoms with Crippen LogP contribution in [0.25, 0.3) is 0 Å². The number of nitrogens with zero attached hydrogens (tertiary/aromatic N) is 4. The Bertz CT molecular complexity index is 523. The van der Waals surface area contributed by atoms with Gasteiger partial charge in [-0.25, -0.2) is 0 Å². The van der Waals surface area contributed by atoms with Gasteiger partial charge in [-0.2, -0.15) is 0 Å². The second-order valence-electron chi connectivity index (χ2n) is 6.15. The summed E-state index contributed by atoms with van der Waals surface area (Å²) in [5.41, 5.74) is 1.21. The molecular weight excluding hydrogens is 439 g/mol. The fraction of sp³-hybridized carbons (Fsp3) is 0.588. The fourth-order valence-electron chi connectivity index (χ4n) is 2.89. The molecule has 1 unspecified atom stereocenters. The molecule has 24 heavy (non-hydrogen) atoms. The number of benzene rings is 1. The third kappa shape index (κ3) is 6.06. The summed E-state index contributed by atoms with van der Waals surface area (Å²) in [4.78, 5) is 11.4. The van der Waals surface area contributed by atoms with Crippen molar-refractivity contribution < 1.29 is 4.74 Å². The molecule has 7 heteroatoms. The van der Waals surface area contributed by atoms with E-state index in [1.54, 1.807) is 0 Å². The SMILES string of the molecule is CN(C)C(=NCC(c1cccc(Cl)c1)N1CCOCC1)N(C)C.I. The third-order valence-electron chi connectivity index (χ3n) is 3.93. The van der Waals surface area contributed by atoms with Gasteiger partial charge in [-0.3, -0.25) is 9.89 Å². The molecule has 1 atom stereocenters. The minimum atomic E-state index is 0. The van der Waals surface area contributed by atoms with Crippen LogP contribution in [0.1, 0.15) is 11.6 Å². The first-order valence-electron chi connectivity index (χ1n) is 7.95. The summed E-state index contributed by atoms with van der Waals surface area (Å²) in [6.45, 7) is 4.09. The van der Waals surface area contributed by atoms with E-state index < -0.39 is 0 Å². The Morgan fingerprint density at radius 2 is 1.83 bits per heavy atom. The van der Waals surface area contributed by atoms with E-state index in [-0.39, 0.29) is 30.0 Å². The van der Waals surface area contributed by atoms with E-state index in [4.69, 9.17) is 21.3 Å². The van der Waals surface area contributed by atoms with E-state index in [1.165, 1.54) is 5.56 Å². The van der Waals surface area contributed by atoms with Crippen molar-refractivity contribution in [2.75, 3.05) is 61.0 Å². The van der Waals surface area contributed by atoms with Crippen molar-refractivity contribution in [2.24, 2.45) is 4.99 Å². The van der Waals surface area contributed by atoms with Crippen molar-refractivity contribution in [2.45, 2.75) is 6.04 Å². The van der Waals surface area contributed by atoms with Gasteiger partial charge in [0.15, 0.2) is 5.96 Å². The molecule has 5 nitrogen and oxygen atoms in total. The largest absolute Gasteiger partial charge is 0.379 e. The van der Waals surface area contributed by atoms with Gasteiger partial charge >= 0.3 is 0 Å². The van der Waals surface area contributed by atoms with Crippen LogP contribution in [-0.2, 0) is 4.74 Å². The van der Waals surface area contributed by atoms with Crippen LogP contribution < -0.4 is 0 Å². The number of aliphatic imine (C=N–C) groups is 1. The molecule has 1 aliphatic heterocycles. The van der Waals surface area contributed by atoms with E-state index in [2.05, 4.69) is 11.0 Å². The van der Waals surface area contributed by atoms with Crippen LogP contribution in [-0.4, -0.2) is 81.7 Å². The summed E-state index contributed by atoms with van der Waals surface area (Å²) < 4.78 is 5.49. The summed E-state index contributed by atoms with van der Waals surface area (Å²) >= 11 is 6.20. The predicted molar refractivity (Wildman–Crippen MR) is 112 cm³/mol. The second kappa shape index (κ2) is 10.4. The number of ether oxygens (including phenoxy) is 1. The molecule has 1 aromatic rings. The van der Waals surface area contributed by atoms with Crippen LogP contribution in [0.5, 0.6) is 0 Å². The monoisotopic (exact) mass is 466 g/mol. The normalized spacial score (nSPS) is 16.0. The highest BCUT2D eigenvalue weighted by molar-refractivity contribution is 14.0. The van der Waals surface area contributed by atoms with E-state index in [1.807, 2.05) is 56.2 Å². The molecule has 0 amide bonds. The van der Waals surface area contributed by atoms with Crippen molar-refractivity contribution in [1.29, 1.82) is 0 Å². The Morgan fingerprint density at radius 1 is 1.21 bits per heavy atom. The standard InChI is InChI=1S/C17H27ClN4O.HI/c1-20(2)17(21(3)4)19-13-16(22-8-10-23-11-9-22)14-6-5-7-15(18)12-14;/h5-7,12,16H,8-11,13H2,1-4H3;1H. The van der Waals surface area contributed by atoms with Crippen molar-refractivity contribution in [3.63, 3.8) is 0 Å². The van der Waals surface area contributed by atoms with Crippen LogP contribution in [0.15, 0.2) is 29.3 Å². The molecule has 1 heterocycles. The lowest BCUT2D eigenvalue weighted by molar-refractivity contribution is 0.0179.